The maximum Gasteiger partial charge on any atom is 0.0159 e. The van der Waals surface area contributed by atoms with Crippen molar-refractivity contribution in [3.63, 3.8) is 0 Å². The Morgan fingerprint density at radius 2 is 0.787 bits per heavy atom. The fraction of sp³-hybridized carbons (Fsp3) is 0.106. The zero-order chi connectivity index (χ0) is 31.9. The van der Waals surface area contributed by atoms with Crippen LogP contribution in [-0.2, 0) is 5.41 Å². The molecule has 224 valence electrons. The van der Waals surface area contributed by atoms with Gasteiger partial charge in [0.05, 0.1) is 0 Å². The molecular formula is C47H36. The van der Waals surface area contributed by atoms with Crippen molar-refractivity contribution in [1.82, 2.24) is 0 Å². The van der Waals surface area contributed by atoms with Gasteiger partial charge in [0.25, 0.3) is 0 Å². The van der Waals surface area contributed by atoms with Gasteiger partial charge in [-0.1, -0.05) is 165 Å². The third-order valence-corrected chi connectivity index (χ3v) is 10.5. The molecule has 47 heavy (non-hydrogen) atoms. The monoisotopic (exact) mass is 600 g/mol. The van der Waals surface area contributed by atoms with E-state index in [9.17, 15) is 0 Å². The summed E-state index contributed by atoms with van der Waals surface area (Å²) in [5.41, 5.74) is 15.8. The molecule has 8 aromatic carbocycles. The van der Waals surface area contributed by atoms with E-state index < -0.39 is 0 Å². The molecule has 0 aromatic heterocycles. The maximum absolute atomic E-state index is 2.47. The van der Waals surface area contributed by atoms with Crippen molar-refractivity contribution in [2.24, 2.45) is 0 Å². The van der Waals surface area contributed by atoms with Crippen molar-refractivity contribution in [2.75, 3.05) is 0 Å². The first kappa shape index (κ1) is 27.8. The number of aryl methyl sites for hydroxylation is 2. The third-order valence-electron chi connectivity index (χ3n) is 10.5. The highest BCUT2D eigenvalue weighted by atomic mass is 14.4. The Kier molecular flexibility index (Phi) is 6.08. The van der Waals surface area contributed by atoms with Gasteiger partial charge in [-0.05, 0) is 108 Å². The second kappa shape index (κ2) is 10.3. The zero-order valence-corrected chi connectivity index (χ0v) is 27.4. The van der Waals surface area contributed by atoms with Gasteiger partial charge in [0, 0.05) is 5.41 Å². The summed E-state index contributed by atoms with van der Waals surface area (Å²) in [5.74, 6) is 0. The molecule has 0 aliphatic heterocycles. The molecule has 0 nitrogen and oxygen atoms in total. The van der Waals surface area contributed by atoms with Crippen molar-refractivity contribution in [2.45, 2.75) is 33.1 Å². The van der Waals surface area contributed by atoms with Crippen LogP contribution in [-0.4, -0.2) is 0 Å². The van der Waals surface area contributed by atoms with Gasteiger partial charge in [-0.25, -0.2) is 0 Å². The molecule has 8 aromatic rings. The quantitative estimate of drug-likeness (QED) is 0.177. The summed E-state index contributed by atoms with van der Waals surface area (Å²) in [7, 11) is 0. The third kappa shape index (κ3) is 4.14. The van der Waals surface area contributed by atoms with E-state index >= 15 is 0 Å². The second-order valence-electron chi connectivity index (χ2n) is 13.9. The van der Waals surface area contributed by atoms with Gasteiger partial charge in [0.1, 0.15) is 0 Å². The van der Waals surface area contributed by atoms with Crippen LogP contribution in [0.3, 0.4) is 0 Å². The van der Waals surface area contributed by atoms with Crippen LogP contribution in [0.15, 0.2) is 146 Å². The molecule has 0 fully saturated rings. The standard InChI is InChI=1S/C47H36/c1-29-25-30(2)27-33(26-29)45-38-17-9-7-15-36(38)44(37-16-8-10-18-39(37)45)32-23-21-31(22-24-32)41-28-43-46(35-14-6-5-13-34(35)41)40-19-11-12-20-42(40)47(43,3)4/h5-28H,1-4H3. The van der Waals surface area contributed by atoms with E-state index in [-0.39, 0.29) is 5.41 Å². The highest BCUT2D eigenvalue weighted by molar-refractivity contribution is 6.21. The highest BCUT2D eigenvalue weighted by Crippen LogP contribution is 2.53. The van der Waals surface area contributed by atoms with E-state index in [1.54, 1.807) is 0 Å². The van der Waals surface area contributed by atoms with Crippen LogP contribution in [0.5, 0.6) is 0 Å². The Morgan fingerprint density at radius 1 is 0.340 bits per heavy atom. The van der Waals surface area contributed by atoms with Gasteiger partial charge in [-0.15, -0.1) is 0 Å². The fourth-order valence-corrected chi connectivity index (χ4v) is 8.47. The SMILES string of the molecule is Cc1cc(C)cc(-c2c3ccccc3c(-c3ccc(-c4cc5c(c6ccccc46)-c4ccccc4C5(C)C)cc3)c3ccccc23)c1. The van der Waals surface area contributed by atoms with Gasteiger partial charge in [-0.3, -0.25) is 0 Å². The number of benzene rings is 8. The Labute approximate surface area is 277 Å². The van der Waals surface area contributed by atoms with Gasteiger partial charge < -0.3 is 0 Å². The summed E-state index contributed by atoms with van der Waals surface area (Å²) in [6.45, 7) is 9.14. The lowest BCUT2D eigenvalue weighted by atomic mass is 9.80. The number of fused-ring (bicyclic) bond motifs is 7. The summed E-state index contributed by atoms with van der Waals surface area (Å²) in [6.07, 6.45) is 0. The minimum absolute atomic E-state index is 0.0555. The maximum atomic E-state index is 2.47. The molecule has 0 saturated heterocycles. The van der Waals surface area contributed by atoms with E-state index in [0.717, 1.165) is 0 Å². The lowest BCUT2D eigenvalue weighted by Gasteiger charge is -2.23. The smallest absolute Gasteiger partial charge is 0.0159 e. The summed E-state index contributed by atoms with van der Waals surface area (Å²) in [5, 5.41) is 7.80. The van der Waals surface area contributed by atoms with E-state index in [1.165, 1.54) is 99.1 Å². The number of rotatable bonds is 3. The van der Waals surface area contributed by atoms with Crippen LogP contribution >= 0.6 is 0 Å². The van der Waals surface area contributed by atoms with Crippen LogP contribution in [0.1, 0.15) is 36.1 Å². The average Bonchev–Trinajstić information content (AvgIpc) is 3.32. The second-order valence-corrected chi connectivity index (χ2v) is 13.9. The first-order valence-electron chi connectivity index (χ1n) is 16.7. The van der Waals surface area contributed by atoms with Crippen molar-refractivity contribution in [3.05, 3.63) is 168 Å². The van der Waals surface area contributed by atoms with Crippen LogP contribution < -0.4 is 0 Å². The lowest BCUT2D eigenvalue weighted by Crippen LogP contribution is -2.15. The lowest BCUT2D eigenvalue weighted by molar-refractivity contribution is 0.661. The van der Waals surface area contributed by atoms with Crippen molar-refractivity contribution in [3.8, 4) is 44.5 Å². The molecule has 0 atom stereocenters. The van der Waals surface area contributed by atoms with E-state index in [0.29, 0.717) is 0 Å². The predicted octanol–water partition coefficient (Wildman–Crippen LogP) is 13.1. The van der Waals surface area contributed by atoms with Gasteiger partial charge in [0.15, 0.2) is 0 Å². The summed E-state index contributed by atoms with van der Waals surface area (Å²) < 4.78 is 0. The van der Waals surface area contributed by atoms with Crippen LogP contribution in [0.25, 0.3) is 76.8 Å². The van der Waals surface area contributed by atoms with Gasteiger partial charge in [0.2, 0.25) is 0 Å². The molecule has 0 heterocycles. The Balaban J connectivity index is 1.25. The molecule has 0 heteroatoms. The molecule has 1 aliphatic rings. The Morgan fingerprint density at radius 3 is 1.36 bits per heavy atom. The fourth-order valence-electron chi connectivity index (χ4n) is 8.47. The Bertz CT molecular complexity index is 2470. The molecule has 0 spiro atoms. The van der Waals surface area contributed by atoms with Crippen molar-refractivity contribution >= 4 is 32.3 Å². The van der Waals surface area contributed by atoms with Crippen molar-refractivity contribution in [1.29, 1.82) is 0 Å². The summed E-state index contributed by atoms with van der Waals surface area (Å²) in [4.78, 5) is 0. The Hall–Kier alpha value is -5.46. The largest absolute Gasteiger partial charge is 0.0619 e. The van der Waals surface area contributed by atoms with E-state index in [2.05, 4.69) is 173 Å². The molecule has 9 rings (SSSR count). The van der Waals surface area contributed by atoms with Gasteiger partial charge >= 0.3 is 0 Å². The molecule has 0 saturated carbocycles. The molecule has 1 aliphatic carbocycles. The van der Waals surface area contributed by atoms with E-state index in [4.69, 9.17) is 0 Å². The molecule has 0 unspecified atom stereocenters. The minimum Gasteiger partial charge on any atom is -0.0619 e. The molecule has 0 bridgehead atoms. The van der Waals surface area contributed by atoms with Crippen LogP contribution in [0, 0.1) is 13.8 Å². The first-order chi connectivity index (χ1) is 22.9. The molecule has 0 amide bonds. The normalized spacial score (nSPS) is 13.3. The topological polar surface area (TPSA) is 0 Å². The predicted molar refractivity (Wildman–Crippen MR) is 202 cm³/mol. The number of hydrogen-bond acceptors (Lipinski definition) is 0. The molecule has 0 radical (unpaired) electrons. The van der Waals surface area contributed by atoms with Crippen molar-refractivity contribution < 1.29 is 0 Å². The summed E-state index contributed by atoms with van der Waals surface area (Å²) >= 11 is 0. The zero-order valence-electron chi connectivity index (χ0n) is 27.4. The molecular weight excluding hydrogens is 565 g/mol. The number of hydrogen-bond donors (Lipinski definition) is 0. The van der Waals surface area contributed by atoms with Gasteiger partial charge in [-0.2, -0.15) is 0 Å². The highest BCUT2D eigenvalue weighted by Gasteiger charge is 2.36. The average molecular weight is 601 g/mol. The first-order valence-corrected chi connectivity index (χ1v) is 16.7. The van der Waals surface area contributed by atoms with E-state index in [1.807, 2.05) is 0 Å². The van der Waals surface area contributed by atoms with Crippen LogP contribution in [0.2, 0.25) is 0 Å². The minimum atomic E-state index is -0.0555. The summed E-state index contributed by atoms with van der Waals surface area (Å²) in [6, 6.07) is 54.5. The van der Waals surface area contributed by atoms with Crippen LogP contribution in [0.4, 0.5) is 0 Å². The molecule has 0 N–H and O–H groups in total.